The Morgan fingerprint density at radius 1 is 1.23 bits per heavy atom. The van der Waals surface area contributed by atoms with Crippen molar-refractivity contribution in [2.45, 2.75) is 19.8 Å². The third kappa shape index (κ3) is 4.51. The van der Waals surface area contributed by atoms with Crippen LogP contribution in [0.15, 0.2) is 36.9 Å². The lowest BCUT2D eigenvalue weighted by atomic mass is 10.2. The molecule has 0 unspecified atom stereocenters. The molecule has 2 heterocycles. The molecule has 6 nitrogen and oxygen atoms in total. The highest BCUT2D eigenvalue weighted by Gasteiger charge is 2.12. The van der Waals surface area contributed by atoms with Crippen LogP contribution in [0.2, 0.25) is 0 Å². The van der Waals surface area contributed by atoms with Crippen molar-refractivity contribution in [3.63, 3.8) is 0 Å². The second-order valence-electron chi connectivity index (χ2n) is 5.05. The number of carbonyl (C=O) groups excluding carboxylic acids is 1. The molecule has 0 bridgehead atoms. The van der Waals surface area contributed by atoms with Crippen LogP contribution in [0.4, 0.5) is 5.95 Å². The minimum absolute atomic E-state index is 0.0731. The fraction of sp³-hybridized carbons (Fsp3) is 0.375. The van der Waals surface area contributed by atoms with Crippen molar-refractivity contribution in [3.8, 4) is 0 Å². The number of aromatic nitrogens is 3. The van der Waals surface area contributed by atoms with Gasteiger partial charge in [-0.15, -0.1) is 0 Å². The van der Waals surface area contributed by atoms with Crippen LogP contribution in [0.5, 0.6) is 0 Å². The van der Waals surface area contributed by atoms with Crippen LogP contribution in [-0.4, -0.2) is 45.9 Å². The smallest absolute Gasteiger partial charge is 0.256 e. The zero-order valence-corrected chi connectivity index (χ0v) is 13.0. The first-order valence-corrected chi connectivity index (χ1v) is 7.41. The molecule has 0 atom stereocenters. The average molecular weight is 299 g/mol. The van der Waals surface area contributed by atoms with Gasteiger partial charge in [-0.25, -0.2) is 9.97 Å². The third-order valence-corrected chi connectivity index (χ3v) is 3.26. The largest absolute Gasteiger partial charge is 0.354 e. The molecule has 0 aromatic carbocycles. The molecule has 0 saturated carbocycles. The molecule has 0 aliphatic carbocycles. The van der Waals surface area contributed by atoms with Gasteiger partial charge in [0, 0.05) is 44.9 Å². The average Bonchev–Trinajstić information content (AvgIpc) is 2.58. The Labute approximate surface area is 130 Å². The maximum atomic E-state index is 12.3. The lowest BCUT2D eigenvalue weighted by Crippen LogP contribution is -2.29. The van der Waals surface area contributed by atoms with Gasteiger partial charge in [-0.1, -0.05) is 6.92 Å². The van der Waals surface area contributed by atoms with Crippen LogP contribution in [0.3, 0.4) is 0 Å². The second kappa shape index (κ2) is 8.07. The molecule has 0 saturated heterocycles. The topological polar surface area (TPSA) is 71.0 Å². The summed E-state index contributed by atoms with van der Waals surface area (Å²) in [6.07, 6.45) is 8.44. The van der Waals surface area contributed by atoms with Gasteiger partial charge in [-0.05, 0) is 30.5 Å². The Bertz CT molecular complexity index is 585. The molecule has 1 N–H and O–H groups in total. The summed E-state index contributed by atoms with van der Waals surface area (Å²) >= 11 is 0. The van der Waals surface area contributed by atoms with Crippen LogP contribution in [0, 0.1) is 0 Å². The van der Waals surface area contributed by atoms with E-state index in [1.165, 1.54) is 0 Å². The highest BCUT2D eigenvalue weighted by Crippen LogP contribution is 2.05. The van der Waals surface area contributed by atoms with Crippen LogP contribution < -0.4 is 5.32 Å². The zero-order chi connectivity index (χ0) is 15.8. The summed E-state index contributed by atoms with van der Waals surface area (Å²) in [5, 5.41) is 3.08. The van der Waals surface area contributed by atoms with E-state index >= 15 is 0 Å². The van der Waals surface area contributed by atoms with E-state index in [2.05, 4.69) is 27.2 Å². The molecule has 0 spiro atoms. The van der Waals surface area contributed by atoms with Gasteiger partial charge in [-0.2, -0.15) is 0 Å². The first-order chi connectivity index (χ1) is 10.7. The van der Waals surface area contributed by atoms with Crippen molar-refractivity contribution in [2.24, 2.45) is 0 Å². The molecule has 2 aromatic heterocycles. The predicted molar refractivity (Wildman–Crippen MR) is 85.7 cm³/mol. The lowest BCUT2D eigenvalue weighted by Gasteiger charge is -2.17. The van der Waals surface area contributed by atoms with Gasteiger partial charge in [0.15, 0.2) is 0 Å². The van der Waals surface area contributed by atoms with E-state index in [1.54, 1.807) is 36.7 Å². The SMILES string of the molecule is CCCNc1ncc(C(=O)N(C)CCc2ccncc2)cn1. The molecule has 0 aliphatic rings. The van der Waals surface area contributed by atoms with Gasteiger partial charge in [0.25, 0.3) is 5.91 Å². The highest BCUT2D eigenvalue weighted by molar-refractivity contribution is 5.93. The molecule has 22 heavy (non-hydrogen) atoms. The fourth-order valence-corrected chi connectivity index (χ4v) is 1.93. The highest BCUT2D eigenvalue weighted by atomic mass is 16.2. The number of anilines is 1. The number of amides is 1. The molecule has 1 amide bonds. The summed E-state index contributed by atoms with van der Waals surface area (Å²) < 4.78 is 0. The van der Waals surface area contributed by atoms with E-state index in [0.29, 0.717) is 18.1 Å². The Morgan fingerprint density at radius 2 is 1.91 bits per heavy atom. The van der Waals surface area contributed by atoms with Crippen LogP contribution in [-0.2, 0) is 6.42 Å². The number of nitrogens with zero attached hydrogens (tertiary/aromatic N) is 4. The number of carbonyl (C=O) groups is 1. The zero-order valence-electron chi connectivity index (χ0n) is 13.0. The van der Waals surface area contributed by atoms with Crippen molar-refractivity contribution < 1.29 is 4.79 Å². The fourth-order valence-electron chi connectivity index (χ4n) is 1.93. The first-order valence-electron chi connectivity index (χ1n) is 7.41. The lowest BCUT2D eigenvalue weighted by molar-refractivity contribution is 0.0796. The normalized spacial score (nSPS) is 10.3. The minimum Gasteiger partial charge on any atom is -0.354 e. The summed E-state index contributed by atoms with van der Waals surface area (Å²) in [5.41, 5.74) is 1.66. The molecular weight excluding hydrogens is 278 g/mol. The van der Waals surface area contributed by atoms with E-state index in [-0.39, 0.29) is 5.91 Å². The van der Waals surface area contributed by atoms with Crippen molar-refractivity contribution in [2.75, 3.05) is 25.5 Å². The maximum absolute atomic E-state index is 12.3. The molecular formula is C16H21N5O. The standard InChI is InChI=1S/C16H21N5O/c1-3-7-18-16-19-11-14(12-20-16)15(22)21(2)10-6-13-4-8-17-9-5-13/h4-5,8-9,11-12H,3,6-7,10H2,1-2H3,(H,18,19,20). The van der Waals surface area contributed by atoms with Crippen molar-refractivity contribution >= 4 is 11.9 Å². The Hall–Kier alpha value is -2.50. The van der Waals surface area contributed by atoms with Crippen molar-refractivity contribution in [1.82, 2.24) is 19.9 Å². The summed E-state index contributed by atoms with van der Waals surface area (Å²) in [6, 6.07) is 3.91. The molecule has 6 heteroatoms. The van der Waals surface area contributed by atoms with Crippen LogP contribution in [0.1, 0.15) is 29.3 Å². The van der Waals surface area contributed by atoms with Gasteiger partial charge >= 0.3 is 0 Å². The van der Waals surface area contributed by atoms with E-state index < -0.39 is 0 Å². The number of nitrogens with one attached hydrogen (secondary N) is 1. The third-order valence-electron chi connectivity index (χ3n) is 3.26. The van der Waals surface area contributed by atoms with E-state index in [9.17, 15) is 4.79 Å². The summed E-state index contributed by atoms with van der Waals surface area (Å²) in [5.74, 6) is 0.480. The number of rotatable bonds is 7. The molecule has 0 radical (unpaired) electrons. The predicted octanol–water partition coefficient (Wildman–Crippen LogP) is 2.01. The Balaban J connectivity index is 1.89. The summed E-state index contributed by atoms with van der Waals surface area (Å²) in [4.78, 5) is 26.3. The van der Waals surface area contributed by atoms with Crippen molar-refractivity contribution in [3.05, 3.63) is 48.0 Å². The van der Waals surface area contributed by atoms with Crippen LogP contribution >= 0.6 is 0 Å². The summed E-state index contributed by atoms with van der Waals surface area (Å²) in [6.45, 7) is 3.53. The second-order valence-corrected chi connectivity index (χ2v) is 5.05. The number of likely N-dealkylation sites (N-methyl/N-ethyl adjacent to an activating group) is 1. The summed E-state index contributed by atoms with van der Waals surface area (Å²) in [7, 11) is 1.78. The van der Waals surface area contributed by atoms with Crippen molar-refractivity contribution in [1.29, 1.82) is 0 Å². The van der Waals surface area contributed by atoms with E-state index in [0.717, 1.165) is 24.9 Å². The molecule has 2 rings (SSSR count). The van der Waals surface area contributed by atoms with Gasteiger partial charge in [0.2, 0.25) is 5.95 Å². The molecule has 0 aliphatic heterocycles. The van der Waals surface area contributed by atoms with Gasteiger partial charge < -0.3 is 10.2 Å². The van der Waals surface area contributed by atoms with Gasteiger partial charge in [-0.3, -0.25) is 9.78 Å². The quantitative estimate of drug-likeness (QED) is 0.847. The minimum atomic E-state index is -0.0731. The van der Waals surface area contributed by atoms with Crippen LogP contribution in [0.25, 0.3) is 0 Å². The van der Waals surface area contributed by atoms with E-state index in [4.69, 9.17) is 0 Å². The number of hydrogen-bond acceptors (Lipinski definition) is 5. The van der Waals surface area contributed by atoms with Gasteiger partial charge in [0.1, 0.15) is 0 Å². The number of hydrogen-bond donors (Lipinski definition) is 1. The monoisotopic (exact) mass is 299 g/mol. The first kappa shape index (κ1) is 15.9. The Morgan fingerprint density at radius 3 is 2.55 bits per heavy atom. The molecule has 0 fully saturated rings. The molecule has 116 valence electrons. The Kier molecular flexibility index (Phi) is 5.82. The molecule has 2 aromatic rings. The van der Waals surface area contributed by atoms with Gasteiger partial charge in [0.05, 0.1) is 5.56 Å². The maximum Gasteiger partial charge on any atom is 0.256 e. The number of pyridine rings is 1. The van der Waals surface area contributed by atoms with E-state index in [1.807, 2.05) is 12.1 Å².